The number of carbonyl (C=O) groups is 3. The maximum atomic E-state index is 13.1. The Morgan fingerprint density at radius 2 is 0.929 bits per heavy atom. The Morgan fingerprint density at radius 1 is 0.571 bits per heavy atom. The van der Waals surface area contributed by atoms with Gasteiger partial charge in [0.1, 0.15) is 0 Å². The second-order valence-electron chi connectivity index (χ2n) is 10.6. The molecule has 0 spiro atoms. The van der Waals surface area contributed by atoms with Crippen LogP contribution in [0.25, 0.3) is 22.3 Å². The third kappa shape index (κ3) is 7.23. The maximum absolute atomic E-state index is 13.1. The van der Waals surface area contributed by atoms with Crippen LogP contribution in [0.1, 0.15) is 11.1 Å². The van der Waals surface area contributed by atoms with Crippen molar-refractivity contribution >= 4 is 17.9 Å². The summed E-state index contributed by atoms with van der Waals surface area (Å²) in [5.41, 5.74) is 6.71. The molecule has 1 aliphatic rings. The minimum absolute atomic E-state index is 0.00593. The SMILES string of the molecule is O=C(NCCc1ccc(-c2ccccc2)cc1)C1CN(C(=O)O)CC1C(=O)NCCc1ccc(-c2ccccc2)cc1. The van der Waals surface area contributed by atoms with Gasteiger partial charge >= 0.3 is 6.09 Å². The van der Waals surface area contributed by atoms with Gasteiger partial charge < -0.3 is 20.6 Å². The van der Waals surface area contributed by atoms with E-state index in [-0.39, 0.29) is 24.9 Å². The van der Waals surface area contributed by atoms with Gasteiger partial charge in [0.15, 0.2) is 0 Å². The average molecular weight is 562 g/mol. The van der Waals surface area contributed by atoms with Crippen LogP contribution in [0.15, 0.2) is 109 Å². The fraction of sp³-hybridized carbons (Fsp3) is 0.229. The van der Waals surface area contributed by atoms with Crippen molar-refractivity contribution in [3.8, 4) is 22.3 Å². The lowest BCUT2D eigenvalue weighted by Crippen LogP contribution is -2.42. The van der Waals surface area contributed by atoms with E-state index in [1.54, 1.807) is 0 Å². The van der Waals surface area contributed by atoms with Gasteiger partial charge in [0.25, 0.3) is 0 Å². The van der Waals surface area contributed by atoms with Crippen molar-refractivity contribution in [3.63, 3.8) is 0 Å². The third-order valence-corrected chi connectivity index (χ3v) is 7.81. The topological polar surface area (TPSA) is 98.7 Å². The summed E-state index contributed by atoms with van der Waals surface area (Å²) in [5.74, 6) is -2.05. The van der Waals surface area contributed by atoms with Crippen LogP contribution in [0.4, 0.5) is 4.79 Å². The Bertz CT molecular complexity index is 1380. The van der Waals surface area contributed by atoms with Crippen molar-refractivity contribution in [1.29, 1.82) is 0 Å². The molecular formula is C35H35N3O4. The number of likely N-dealkylation sites (tertiary alicyclic amines) is 1. The van der Waals surface area contributed by atoms with Gasteiger partial charge in [-0.1, -0.05) is 109 Å². The largest absolute Gasteiger partial charge is 0.465 e. The molecule has 4 aromatic carbocycles. The van der Waals surface area contributed by atoms with E-state index in [0.717, 1.165) is 38.3 Å². The highest BCUT2D eigenvalue weighted by atomic mass is 16.4. The zero-order valence-electron chi connectivity index (χ0n) is 23.4. The summed E-state index contributed by atoms with van der Waals surface area (Å²) >= 11 is 0. The summed E-state index contributed by atoms with van der Waals surface area (Å²) < 4.78 is 0. The van der Waals surface area contributed by atoms with Crippen LogP contribution in [-0.2, 0) is 22.4 Å². The van der Waals surface area contributed by atoms with Crippen LogP contribution in [0, 0.1) is 11.8 Å². The molecule has 1 fully saturated rings. The van der Waals surface area contributed by atoms with E-state index in [2.05, 4.69) is 59.2 Å². The fourth-order valence-electron chi connectivity index (χ4n) is 5.40. The summed E-state index contributed by atoms with van der Waals surface area (Å²) in [6.45, 7) is 0.818. The number of hydrogen-bond acceptors (Lipinski definition) is 3. The number of carboxylic acid groups (broad SMARTS) is 1. The lowest BCUT2D eigenvalue weighted by Gasteiger charge is -2.17. The van der Waals surface area contributed by atoms with Gasteiger partial charge in [0.2, 0.25) is 11.8 Å². The van der Waals surface area contributed by atoms with Crippen molar-refractivity contribution in [2.45, 2.75) is 12.8 Å². The van der Waals surface area contributed by atoms with Crippen molar-refractivity contribution < 1.29 is 19.5 Å². The molecule has 0 aromatic heterocycles. The summed E-state index contributed by atoms with van der Waals surface area (Å²) in [4.78, 5) is 39.0. The summed E-state index contributed by atoms with van der Waals surface area (Å²) in [6, 6.07) is 36.7. The molecule has 3 N–H and O–H groups in total. The monoisotopic (exact) mass is 561 g/mol. The number of rotatable bonds is 10. The molecule has 7 heteroatoms. The molecule has 0 aliphatic carbocycles. The number of amides is 3. The fourth-order valence-corrected chi connectivity index (χ4v) is 5.40. The van der Waals surface area contributed by atoms with E-state index in [1.165, 1.54) is 0 Å². The van der Waals surface area contributed by atoms with E-state index < -0.39 is 17.9 Å². The molecule has 2 unspecified atom stereocenters. The number of nitrogens with one attached hydrogen (secondary N) is 2. The highest BCUT2D eigenvalue weighted by molar-refractivity contribution is 5.89. The molecule has 0 bridgehead atoms. The summed E-state index contributed by atoms with van der Waals surface area (Å²) in [6.07, 6.45) is 0.145. The molecule has 42 heavy (non-hydrogen) atoms. The Kier molecular flexibility index (Phi) is 9.29. The molecule has 1 saturated heterocycles. The van der Waals surface area contributed by atoms with Gasteiger partial charge in [-0.25, -0.2) is 4.79 Å². The maximum Gasteiger partial charge on any atom is 0.407 e. The van der Waals surface area contributed by atoms with Crippen LogP contribution in [-0.4, -0.2) is 54.1 Å². The van der Waals surface area contributed by atoms with Crippen molar-refractivity contribution in [3.05, 3.63) is 120 Å². The van der Waals surface area contributed by atoms with Gasteiger partial charge in [-0.15, -0.1) is 0 Å². The molecule has 0 saturated carbocycles. The standard InChI is InChI=1S/C35H35N3O4/c39-33(36-21-19-25-11-15-29(16-12-25)27-7-3-1-4-8-27)31-23-38(35(41)42)24-32(31)34(40)37-22-20-26-13-17-30(18-14-26)28-9-5-2-6-10-28/h1-18,31-32H,19-24H2,(H,36,39)(H,37,40)(H,41,42). The van der Waals surface area contributed by atoms with E-state index in [1.807, 2.05) is 60.7 Å². The molecule has 214 valence electrons. The first kappa shape index (κ1) is 28.6. The van der Waals surface area contributed by atoms with Gasteiger partial charge in [-0.05, 0) is 46.2 Å². The molecule has 0 radical (unpaired) electrons. The van der Waals surface area contributed by atoms with E-state index in [0.29, 0.717) is 25.9 Å². The van der Waals surface area contributed by atoms with Gasteiger partial charge in [0.05, 0.1) is 11.8 Å². The summed E-state index contributed by atoms with van der Waals surface area (Å²) in [5, 5.41) is 15.4. The minimum atomic E-state index is -1.12. The van der Waals surface area contributed by atoms with Crippen LogP contribution in [0.2, 0.25) is 0 Å². The lowest BCUT2D eigenvalue weighted by molar-refractivity contribution is -0.132. The van der Waals surface area contributed by atoms with E-state index >= 15 is 0 Å². The van der Waals surface area contributed by atoms with Gasteiger partial charge in [-0.2, -0.15) is 0 Å². The van der Waals surface area contributed by atoms with E-state index in [4.69, 9.17) is 0 Å². The predicted octanol–water partition coefficient (Wildman–Crippen LogP) is 5.26. The first-order valence-corrected chi connectivity index (χ1v) is 14.3. The molecular weight excluding hydrogens is 526 g/mol. The van der Waals surface area contributed by atoms with Crippen LogP contribution >= 0.6 is 0 Å². The van der Waals surface area contributed by atoms with Crippen LogP contribution in [0.3, 0.4) is 0 Å². The van der Waals surface area contributed by atoms with E-state index in [9.17, 15) is 19.5 Å². The molecule has 1 heterocycles. The molecule has 2 atom stereocenters. The Hall–Kier alpha value is -4.91. The normalized spacial score (nSPS) is 16.1. The first-order valence-electron chi connectivity index (χ1n) is 14.3. The van der Waals surface area contributed by atoms with Crippen molar-refractivity contribution in [1.82, 2.24) is 15.5 Å². The first-order chi connectivity index (χ1) is 20.5. The van der Waals surface area contributed by atoms with Crippen molar-refractivity contribution in [2.24, 2.45) is 11.8 Å². The Morgan fingerprint density at radius 3 is 1.29 bits per heavy atom. The van der Waals surface area contributed by atoms with Crippen molar-refractivity contribution in [2.75, 3.05) is 26.2 Å². The Balaban J connectivity index is 1.11. The summed E-state index contributed by atoms with van der Waals surface area (Å²) in [7, 11) is 0. The molecule has 7 nitrogen and oxygen atoms in total. The highest BCUT2D eigenvalue weighted by Gasteiger charge is 2.43. The number of carbonyl (C=O) groups excluding carboxylic acids is 2. The molecule has 4 aromatic rings. The lowest BCUT2D eigenvalue weighted by atomic mass is 9.94. The highest BCUT2D eigenvalue weighted by Crippen LogP contribution is 2.25. The molecule has 5 rings (SSSR count). The third-order valence-electron chi connectivity index (χ3n) is 7.81. The zero-order chi connectivity index (χ0) is 29.3. The second kappa shape index (κ2) is 13.6. The quantitative estimate of drug-likeness (QED) is 0.246. The molecule has 1 aliphatic heterocycles. The van der Waals surface area contributed by atoms with Gasteiger partial charge in [0, 0.05) is 26.2 Å². The average Bonchev–Trinajstić information content (AvgIpc) is 3.49. The number of benzene rings is 4. The number of nitrogens with zero attached hydrogens (tertiary/aromatic N) is 1. The minimum Gasteiger partial charge on any atom is -0.465 e. The second-order valence-corrected chi connectivity index (χ2v) is 10.6. The number of hydrogen-bond donors (Lipinski definition) is 3. The molecule has 3 amide bonds. The zero-order valence-corrected chi connectivity index (χ0v) is 23.4. The predicted molar refractivity (Wildman–Crippen MR) is 164 cm³/mol. The van der Waals surface area contributed by atoms with Crippen LogP contribution in [0.5, 0.6) is 0 Å². The Labute approximate surface area is 246 Å². The van der Waals surface area contributed by atoms with Gasteiger partial charge in [-0.3, -0.25) is 9.59 Å². The van der Waals surface area contributed by atoms with Crippen LogP contribution < -0.4 is 10.6 Å². The smallest absolute Gasteiger partial charge is 0.407 e.